The minimum atomic E-state index is 0.290. The predicted octanol–water partition coefficient (Wildman–Crippen LogP) is 1.84. The van der Waals surface area contributed by atoms with Gasteiger partial charge in [0.1, 0.15) is 5.78 Å². The normalized spacial score (nSPS) is 36.8. The molecule has 2 unspecified atom stereocenters. The molecule has 0 amide bonds. The molecule has 0 radical (unpaired) electrons. The summed E-state index contributed by atoms with van der Waals surface area (Å²) in [6.07, 6.45) is 5.60. The van der Waals surface area contributed by atoms with Crippen LogP contribution in [0.4, 0.5) is 0 Å². The lowest BCUT2D eigenvalue weighted by Crippen LogP contribution is -2.41. The molecule has 0 bridgehead atoms. The summed E-state index contributed by atoms with van der Waals surface area (Å²) in [6, 6.07) is 0.290. The SMILES string of the molecule is CC1CCN(C2CCCCC2=O)C1. The Bertz CT molecular complexity index is 202. The highest BCUT2D eigenvalue weighted by atomic mass is 16.1. The molecule has 2 heteroatoms. The van der Waals surface area contributed by atoms with Crippen LogP contribution in [0.15, 0.2) is 0 Å². The van der Waals surface area contributed by atoms with Gasteiger partial charge in [0, 0.05) is 13.0 Å². The van der Waals surface area contributed by atoms with Crippen LogP contribution in [-0.4, -0.2) is 29.8 Å². The van der Waals surface area contributed by atoms with Gasteiger partial charge in [0.15, 0.2) is 0 Å². The molecule has 1 saturated heterocycles. The summed E-state index contributed by atoms with van der Waals surface area (Å²) < 4.78 is 0. The highest BCUT2D eigenvalue weighted by molar-refractivity contribution is 5.84. The minimum Gasteiger partial charge on any atom is -0.298 e. The quantitative estimate of drug-likeness (QED) is 0.615. The number of carbonyl (C=O) groups is 1. The van der Waals surface area contributed by atoms with Gasteiger partial charge in [-0.1, -0.05) is 13.3 Å². The maximum absolute atomic E-state index is 11.6. The predicted molar refractivity (Wildman–Crippen MR) is 52.6 cm³/mol. The lowest BCUT2D eigenvalue weighted by molar-refractivity contribution is -0.125. The Labute approximate surface area is 80.3 Å². The van der Waals surface area contributed by atoms with Gasteiger partial charge in [0.25, 0.3) is 0 Å². The first kappa shape index (κ1) is 9.20. The van der Waals surface area contributed by atoms with Gasteiger partial charge in [-0.25, -0.2) is 0 Å². The number of rotatable bonds is 1. The van der Waals surface area contributed by atoms with Crippen LogP contribution in [0.2, 0.25) is 0 Å². The van der Waals surface area contributed by atoms with Crippen molar-refractivity contribution < 1.29 is 4.79 Å². The summed E-state index contributed by atoms with van der Waals surface area (Å²) in [5.41, 5.74) is 0. The Morgan fingerprint density at radius 3 is 2.77 bits per heavy atom. The Hall–Kier alpha value is -0.370. The van der Waals surface area contributed by atoms with Gasteiger partial charge < -0.3 is 0 Å². The third-order valence-corrected chi connectivity index (χ3v) is 3.42. The van der Waals surface area contributed by atoms with Crippen molar-refractivity contribution in [1.82, 2.24) is 4.90 Å². The average Bonchev–Trinajstić information content (AvgIpc) is 2.53. The zero-order chi connectivity index (χ0) is 9.26. The van der Waals surface area contributed by atoms with E-state index in [2.05, 4.69) is 11.8 Å². The maximum atomic E-state index is 11.6. The van der Waals surface area contributed by atoms with Gasteiger partial charge in [-0.3, -0.25) is 9.69 Å². The fourth-order valence-corrected chi connectivity index (χ4v) is 2.60. The monoisotopic (exact) mass is 181 g/mol. The molecule has 13 heavy (non-hydrogen) atoms. The van der Waals surface area contributed by atoms with Crippen molar-refractivity contribution >= 4 is 5.78 Å². The molecule has 0 aromatic carbocycles. The largest absolute Gasteiger partial charge is 0.298 e. The molecule has 2 rings (SSSR count). The number of carbonyl (C=O) groups excluding carboxylic acids is 1. The van der Waals surface area contributed by atoms with E-state index < -0.39 is 0 Å². The van der Waals surface area contributed by atoms with Crippen LogP contribution in [0.25, 0.3) is 0 Å². The minimum absolute atomic E-state index is 0.290. The standard InChI is InChI=1S/C11H19NO/c1-9-6-7-12(8-9)10-4-2-3-5-11(10)13/h9-10H,2-8H2,1H3. The van der Waals surface area contributed by atoms with E-state index in [0.29, 0.717) is 11.8 Å². The van der Waals surface area contributed by atoms with Crippen LogP contribution in [0.1, 0.15) is 39.0 Å². The molecule has 2 nitrogen and oxygen atoms in total. The summed E-state index contributed by atoms with van der Waals surface area (Å²) >= 11 is 0. The highest BCUT2D eigenvalue weighted by Crippen LogP contribution is 2.25. The fraction of sp³-hybridized carbons (Fsp3) is 0.909. The van der Waals surface area contributed by atoms with E-state index >= 15 is 0 Å². The molecule has 0 aromatic heterocycles. The third kappa shape index (κ3) is 1.93. The van der Waals surface area contributed by atoms with E-state index in [-0.39, 0.29) is 0 Å². The summed E-state index contributed by atoms with van der Waals surface area (Å²) in [5.74, 6) is 1.30. The first-order valence-corrected chi connectivity index (χ1v) is 5.54. The maximum Gasteiger partial charge on any atom is 0.149 e. The van der Waals surface area contributed by atoms with Crippen LogP contribution >= 0.6 is 0 Å². The highest BCUT2D eigenvalue weighted by Gasteiger charge is 2.31. The zero-order valence-corrected chi connectivity index (χ0v) is 8.46. The molecular weight excluding hydrogens is 162 g/mol. The number of likely N-dealkylation sites (tertiary alicyclic amines) is 1. The summed E-state index contributed by atoms with van der Waals surface area (Å²) in [7, 11) is 0. The molecule has 1 saturated carbocycles. The molecular formula is C11H19NO. The van der Waals surface area contributed by atoms with Crippen molar-refractivity contribution in [1.29, 1.82) is 0 Å². The number of nitrogens with zero attached hydrogens (tertiary/aromatic N) is 1. The zero-order valence-electron chi connectivity index (χ0n) is 8.46. The van der Waals surface area contributed by atoms with E-state index in [4.69, 9.17) is 0 Å². The fourth-order valence-electron chi connectivity index (χ4n) is 2.60. The number of Topliss-reactive ketones (excluding diaryl/α,β-unsaturated/α-hetero) is 1. The molecule has 1 aliphatic heterocycles. The van der Waals surface area contributed by atoms with E-state index in [1.807, 2.05) is 0 Å². The van der Waals surface area contributed by atoms with E-state index in [0.717, 1.165) is 38.3 Å². The second-order valence-electron chi connectivity index (χ2n) is 4.62. The molecule has 1 aliphatic carbocycles. The van der Waals surface area contributed by atoms with Crippen molar-refractivity contribution in [3.8, 4) is 0 Å². The van der Waals surface area contributed by atoms with Gasteiger partial charge in [-0.05, 0) is 31.7 Å². The van der Waals surface area contributed by atoms with Crippen LogP contribution in [0.3, 0.4) is 0 Å². The van der Waals surface area contributed by atoms with Gasteiger partial charge >= 0.3 is 0 Å². The van der Waals surface area contributed by atoms with Crippen LogP contribution < -0.4 is 0 Å². The summed E-state index contributed by atoms with van der Waals surface area (Å²) in [4.78, 5) is 14.1. The Kier molecular flexibility index (Phi) is 2.68. The second kappa shape index (κ2) is 3.79. The van der Waals surface area contributed by atoms with Crippen molar-refractivity contribution in [2.45, 2.75) is 45.1 Å². The van der Waals surface area contributed by atoms with Crippen LogP contribution in [-0.2, 0) is 4.79 Å². The molecule has 74 valence electrons. The number of hydrogen-bond acceptors (Lipinski definition) is 2. The molecule has 0 N–H and O–H groups in total. The molecule has 1 heterocycles. The molecule has 0 spiro atoms. The first-order valence-electron chi connectivity index (χ1n) is 5.54. The van der Waals surface area contributed by atoms with Crippen molar-refractivity contribution in [2.24, 2.45) is 5.92 Å². The smallest absolute Gasteiger partial charge is 0.149 e. The number of hydrogen-bond donors (Lipinski definition) is 0. The van der Waals surface area contributed by atoms with Crippen molar-refractivity contribution in [2.75, 3.05) is 13.1 Å². The molecule has 0 aromatic rings. The van der Waals surface area contributed by atoms with E-state index in [1.165, 1.54) is 12.8 Å². The van der Waals surface area contributed by atoms with Crippen molar-refractivity contribution in [3.05, 3.63) is 0 Å². The van der Waals surface area contributed by atoms with Gasteiger partial charge in [0.2, 0.25) is 0 Å². The topological polar surface area (TPSA) is 20.3 Å². The van der Waals surface area contributed by atoms with Crippen LogP contribution in [0, 0.1) is 5.92 Å². The summed E-state index contributed by atoms with van der Waals surface area (Å²) in [6.45, 7) is 4.58. The van der Waals surface area contributed by atoms with Gasteiger partial charge in [-0.15, -0.1) is 0 Å². The lowest BCUT2D eigenvalue weighted by Gasteiger charge is -2.29. The van der Waals surface area contributed by atoms with Gasteiger partial charge in [-0.2, -0.15) is 0 Å². The first-order chi connectivity index (χ1) is 6.27. The second-order valence-corrected chi connectivity index (χ2v) is 4.62. The number of ketones is 1. The van der Waals surface area contributed by atoms with E-state index in [1.54, 1.807) is 0 Å². The van der Waals surface area contributed by atoms with Gasteiger partial charge in [0.05, 0.1) is 6.04 Å². The Balaban J connectivity index is 1.95. The lowest BCUT2D eigenvalue weighted by atomic mass is 9.93. The molecule has 2 fully saturated rings. The molecule has 2 atom stereocenters. The summed E-state index contributed by atoms with van der Waals surface area (Å²) in [5, 5.41) is 0. The van der Waals surface area contributed by atoms with Crippen molar-refractivity contribution in [3.63, 3.8) is 0 Å². The Morgan fingerprint density at radius 2 is 2.15 bits per heavy atom. The van der Waals surface area contributed by atoms with Crippen LogP contribution in [0.5, 0.6) is 0 Å². The molecule has 2 aliphatic rings. The third-order valence-electron chi connectivity index (χ3n) is 3.42. The van der Waals surface area contributed by atoms with E-state index in [9.17, 15) is 4.79 Å². The Morgan fingerprint density at radius 1 is 1.31 bits per heavy atom. The average molecular weight is 181 g/mol.